The molecule has 1 unspecified atom stereocenters. The van der Waals surface area contributed by atoms with Crippen LogP contribution in [0.4, 0.5) is 0 Å². The third kappa shape index (κ3) is 3.57. The first kappa shape index (κ1) is 20.3. The van der Waals surface area contributed by atoms with Gasteiger partial charge < -0.3 is 10.6 Å². The molecular formula is C23H28N4O4. The average Bonchev–Trinajstić information content (AvgIpc) is 3.28. The number of nitrogens with one attached hydrogen (secondary N) is 3. The van der Waals surface area contributed by atoms with E-state index in [1.54, 1.807) is 12.1 Å². The number of fused-ring (bicyclic) bond motifs is 2. The number of hydrogen-bond acceptors (Lipinski definition) is 6. The van der Waals surface area contributed by atoms with Gasteiger partial charge in [0.25, 0.3) is 11.8 Å². The van der Waals surface area contributed by atoms with E-state index in [4.69, 9.17) is 0 Å². The van der Waals surface area contributed by atoms with Crippen molar-refractivity contribution in [3.8, 4) is 0 Å². The molecule has 2 saturated heterocycles. The minimum absolute atomic E-state index is 0.121. The lowest BCUT2D eigenvalue weighted by molar-refractivity contribution is -0.136. The quantitative estimate of drug-likeness (QED) is 0.608. The molecule has 5 rings (SSSR count). The van der Waals surface area contributed by atoms with Gasteiger partial charge in [0.15, 0.2) is 0 Å². The van der Waals surface area contributed by atoms with Crippen LogP contribution in [0.25, 0.3) is 0 Å². The van der Waals surface area contributed by atoms with Crippen molar-refractivity contribution in [2.45, 2.75) is 57.2 Å². The van der Waals surface area contributed by atoms with Gasteiger partial charge in [0.2, 0.25) is 11.8 Å². The molecular weight excluding hydrogens is 396 g/mol. The molecule has 8 nitrogen and oxygen atoms in total. The van der Waals surface area contributed by atoms with Gasteiger partial charge in [0.1, 0.15) is 6.04 Å². The summed E-state index contributed by atoms with van der Waals surface area (Å²) >= 11 is 0. The maximum atomic E-state index is 13.2. The van der Waals surface area contributed by atoms with Crippen LogP contribution in [0.15, 0.2) is 18.2 Å². The molecule has 3 heterocycles. The van der Waals surface area contributed by atoms with Crippen molar-refractivity contribution in [2.24, 2.45) is 11.8 Å². The third-order valence-electron chi connectivity index (χ3n) is 7.34. The summed E-state index contributed by atoms with van der Waals surface area (Å²) in [6.45, 7) is 2.39. The fraction of sp³-hybridized carbons (Fsp3) is 0.565. The van der Waals surface area contributed by atoms with Crippen molar-refractivity contribution in [3.63, 3.8) is 0 Å². The molecule has 0 radical (unpaired) electrons. The van der Waals surface area contributed by atoms with Gasteiger partial charge in [-0.25, -0.2) is 0 Å². The fourth-order valence-corrected chi connectivity index (χ4v) is 5.78. The van der Waals surface area contributed by atoms with Crippen LogP contribution in [0, 0.1) is 11.8 Å². The third-order valence-corrected chi connectivity index (χ3v) is 7.34. The number of imide groups is 2. The molecule has 1 saturated carbocycles. The number of rotatable bonds is 5. The number of piperidine rings is 1. The monoisotopic (exact) mass is 424 g/mol. The number of nitrogens with zero attached hydrogens (tertiary/aromatic N) is 1. The summed E-state index contributed by atoms with van der Waals surface area (Å²) in [5.74, 6) is -0.554. The second-order valence-electron chi connectivity index (χ2n) is 9.14. The zero-order chi connectivity index (χ0) is 21.5. The maximum Gasteiger partial charge on any atom is 0.262 e. The summed E-state index contributed by atoms with van der Waals surface area (Å²) in [4.78, 5) is 50.8. The molecule has 0 aromatic heterocycles. The number of hydrogen-bond donors (Lipinski definition) is 3. The Morgan fingerprint density at radius 2 is 1.87 bits per heavy atom. The van der Waals surface area contributed by atoms with Crippen molar-refractivity contribution in [2.75, 3.05) is 13.1 Å². The van der Waals surface area contributed by atoms with Gasteiger partial charge in [-0.1, -0.05) is 25.0 Å². The van der Waals surface area contributed by atoms with Crippen LogP contribution in [0.2, 0.25) is 0 Å². The first-order valence-corrected chi connectivity index (χ1v) is 11.3. The summed E-state index contributed by atoms with van der Waals surface area (Å²) in [5, 5.41) is 9.39. The van der Waals surface area contributed by atoms with Gasteiger partial charge >= 0.3 is 0 Å². The number of benzene rings is 1. The van der Waals surface area contributed by atoms with Gasteiger partial charge in [-0.3, -0.25) is 29.4 Å². The lowest BCUT2D eigenvalue weighted by Gasteiger charge is -2.28. The lowest BCUT2D eigenvalue weighted by atomic mass is 9.80. The maximum absolute atomic E-state index is 13.2. The van der Waals surface area contributed by atoms with Crippen molar-refractivity contribution in [3.05, 3.63) is 34.9 Å². The van der Waals surface area contributed by atoms with Gasteiger partial charge in [-0.05, 0) is 55.8 Å². The normalized spacial score (nSPS) is 30.4. The fourth-order valence-electron chi connectivity index (χ4n) is 5.78. The Bertz CT molecular complexity index is 946. The van der Waals surface area contributed by atoms with Crippen molar-refractivity contribution < 1.29 is 19.2 Å². The van der Waals surface area contributed by atoms with Gasteiger partial charge in [-0.15, -0.1) is 0 Å². The van der Waals surface area contributed by atoms with Crippen LogP contribution >= 0.6 is 0 Å². The minimum atomic E-state index is -0.932. The Morgan fingerprint density at radius 3 is 2.71 bits per heavy atom. The second kappa shape index (κ2) is 8.16. The van der Waals surface area contributed by atoms with E-state index in [2.05, 4.69) is 16.0 Å². The van der Waals surface area contributed by atoms with E-state index in [1.807, 2.05) is 6.07 Å². The van der Waals surface area contributed by atoms with E-state index < -0.39 is 23.8 Å². The highest BCUT2D eigenvalue weighted by atomic mass is 16.2. The first-order valence-electron chi connectivity index (χ1n) is 11.3. The Labute approximate surface area is 181 Å². The molecule has 3 aliphatic heterocycles. The zero-order valence-electron chi connectivity index (χ0n) is 17.5. The molecule has 8 heteroatoms. The summed E-state index contributed by atoms with van der Waals surface area (Å²) < 4.78 is 0. The molecule has 164 valence electrons. The van der Waals surface area contributed by atoms with Crippen LogP contribution in [0.3, 0.4) is 0 Å². The van der Waals surface area contributed by atoms with E-state index in [0.717, 1.165) is 23.6 Å². The highest BCUT2D eigenvalue weighted by molar-refractivity contribution is 6.24. The van der Waals surface area contributed by atoms with Crippen LogP contribution in [-0.4, -0.2) is 53.7 Å². The highest BCUT2D eigenvalue weighted by Crippen LogP contribution is 2.34. The van der Waals surface area contributed by atoms with E-state index in [0.29, 0.717) is 35.5 Å². The predicted octanol–water partition coefficient (Wildman–Crippen LogP) is 0.956. The largest absolute Gasteiger partial charge is 0.313 e. The Kier molecular flexibility index (Phi) is 5.35. The molecule has 3 N–H and O–H groups in total. The summed E-state index contributed by atoms with van der Waals surface area (Å²) in [6.07, 6.45) is 5.44. The molecule has 4 aliphatic rings. The van der Waals surface area contributed by atoms with Crippen LogP contribution in [0.5, 0.6) is 0 Å². The molecule has 0 spiro atoms. The smallest absolute Gasteiger partial charge is 0.262 e. The summed E-state index contributed by atoms with van der Waals surface area (Å²) in [7, 11) is 0. The number of carbonyl (C=O) groups is 4. The van der Waals surface area contributed by atoms with Gasteiger partial charge in [0.05, 0.1) is 11.1 Å². The van der Waals surface area contributed by atoms with Crippen LogP contribution in [0.1, 0.15) is 64.8 Å². The average molecular weight is 425 g/mol. The number of amides is 4. The molecule has 4 amide bonds. The molecule has 31 heavy (non-hydrogen) atoms. The highest BCUT2D eigenvalue weighted by Gasteiger charge is 2.45. The number of carbonyl (C=O) groups excluding carboxylic acids is 4. The van der Waals surface area contributed by atoms with E-state index >= 15 is 0 Å². The van der Waals surface area contributed by atoms with Crippen molar-refractivity contribution >= 4 is 23.6 Å². The van der Waals surface area contributed by atoms with E-state index in [1.165, 1.54) is 25.7 Å². The molecule has 3 fully saturated rings. The molecule has 1 aliphatic carbocycles. The zero-order valence-corrected chi connectivity index (χ0v) is 17.5. The SMILES string of the molecule is O=C1CCC(N2C(=O)c3cccc(CNC[C@@H]4CN[C@@H]5CCCC[C@H]45)c3C2=O)C(=O)N1. The molecule has 0 bridgehead atoms. The van der Waals surface area contributed by atoms with E-state index in [9.17, 15) is 19.2 Å². The Morgan fingerprint density at radius 1 is 1.03 bits per heavy atom. The molecule has 1 aromatic carbocycles. The van der Waals surface area contributed by atoms with Crippen molar-refractivity contribution in [1.82, 2.24) is 20.9 Å². The van der Waals surface area contributed by atoms with Gasteiger partial charge in [0, 0.05) is 19.0 Å². The second-order valence-corrected chi connectivity index (χ2v) is 9.14. The first-order chi connectivity index (χ1) is 15.0. The van der Waals surface area contributed by atoms with Crippen LogP contribution < -0.4 is 16.0 Å². The lowest BCUT2D eigenvalue weighted by Crippen LogP contribution is -2.54. The topological polar surface area (TPSA) is 108 Å². The standard InChI is InChI=1S/C23H28N4O4/c28-19-9-8-18(21(29)26-19)27-22(30)16-6-3-4-13(20(16)23(27)31)10-24-11-14-12-25-17-7-2-1-5-15(14)17/h3-4,6,14-15,17-18,24-25H,1-2,5,7-12H2,(H,26,28,29)/t14-,15-,17-,18?/m1/s1. The van der Waals surface area contributed by atoms with E-state index in [-0.39, 0.29) is 18.7 Å². The summed E-state index contributed by atoms with van der Waals surface area (Å²) in [6, 6.07) is 4.99. The Hall–Kier alpha value is -2.58. The van der Waals surface area contributed by atoms with Crippen LogP contribution in [-0.2, 0) is 16.1 Å². The Balaban J connectivity index is 1.28. The molecule has 1 aromatic rings. The molecule has 4 atom stereocenters. The summed E-state index contributed by atoms with van der Waals surface area (Å²) in [5.41, 5.74) is 1.49. The van der Waals surface area contributed by atoms with Gasteiger partial charge in [-0.2, -0.15) is 0 Å². The van der Waals surface area contributed by atoms with Crippen molar-refractivity contribution in [1.29, 1.82) is 0 Å². The minimum Gasteiger partial charge on any atom is -0.313 e. The predicted molar refractivity (Wildman–Crippen MR) is 112 cm³/mol.